The molecular weight excluding hydrogens is 346 g/mol. The van der Waals surface area contributed by atoms with Gasteiger partial charge >= 0.3 is 0 Å². The Morgan fingerprint density at radius 3 is 2.67 bits per heavy atom. The number of nitrogens with one attached hydrogen (secondary N) is 2. The summed E-state index contributed by atoms with van der Waals surface area (Å²) in [6.07, 6.45) is 0. The highest BCUT2D eigenvalue weighted by atomic mass is 32.2. The van der Waals surface area contributed by atoms with Crippen LogP contribution in [-0.4, -0.2) is 46.3 Å². The lowest BCUT2D eigenvalue weighted by Crippen LogP contribution is -3.08. The number of quaternary nitrogens is 1. The average molecular weight is 369 g/mol. The molecule has 0 fully saturated rings. The molecule has 0 aliphatic heterocycles. The van der Waals surface area contributed by atoms with Gasteiger partial charge in [0, 0.05) is 25.3 Å². The molecule has 0 saturated carbocycles. The number of benzene rings is 1. The molecule has 1 aromatic carbocycles. The van der Waals surface area contributed by atoms with Crippen LogP contribution in [0.5, 0.6) is 0 Å². The van der Waals surface area contributed by atoms with Crippen molar-refractivity contribution >= 4 is 33.0 Å². The molecule has 1 atom stereocenters. The van der Waals surface area contributed by atoms with Crippen LogP contribution < -0.4 is 10.2 Å². The first kappa shape index (κ1) is 18.6. The van der Waals surface area contributed by atoms with E-state index in [1.165, 1.54) is 31.8 Å². The number of amides is 1. The Kier molecular flexibility index (Phi) is 6.11. The van der Waals surface area contributed by atoms with Crippen molar-refractivity contribution in [3.63, 3.8) is 0 Å². The van der Waals surface area contributed by atoms with Crippen LogP contribution in [-0.2, 0) is 21.4 Å². The summed E-state index contributed by atoms with van der Waals surface area (Å²) < 4.78 is 25.4. The lowest BCUT2D eigenvalue weighted by Gasteiger charge is -2.14. The first-order valence-corrected chi connectivity index (χ1v) is 9.82. The maximum atomic E-state index is 12.2. The molecule has 2 N–H and O–H groups in total. The quantitative estimate of drug-likeness (QED) is 0.754. The number of thiophene rings is 1. The van der Waals surface area contributed by atoms with Gasteiger partial charge in [0.25, 0.3) is 5.91 Å². The van der Waals surface area contributed by atoms with Gasteiger partial charge in [-0.3, -0.25) is 4.79 Å². The SMILES string of the molecule is CN(C)S(=O)(=O)c1cccc(NC(=O)C[NH+](C)Cc2ccsc2)c1. The Hall–Kier alpha value is -1.74. The minimum Gasteiger partial charge on any atom is -0.326 e. The highest BCUT2D eigenvalue weighted by Crippen LogP contribution is 2.17. The Labute approximate surface area is 146 Å². The molecule has 6 nitrogen and oxygen atoms in total. The molecule has 8 heteroatoms. The van der Waals surface area contributed by atoms with E-state index in [1.54, 1.807) is 23.5 Å². The second-order valence-corrected chi connectivity index (χ2v) is 8.74. The molecule has 1 aromatic heterocycles. The van der Waals surface area contributed by atoms with Crippen LogP contribution in [0.25, 0.3) is 0 Å². The molecule has 1 amide bonds. The molecule has 0 aliphatic carbocycles. The normalized spacial score (nSPS) is 13.0. The summed E-state index contributed by atoms with van der Waals surface area (Å²) in [5.74, 6) is -0.151. The van der Waals surface area contributed by atoms with Crippen molar-refractivity contribution in [3.8, 4) is 0 Å². The van der Waals surface area contributed by atoms with E-state index in [0.29, 0.717) is 12.2 Å². The molecule has 1 unspecified atom stereocenters. The van der Waals surface area contributed by atoms with Crippen LogP contribution in [0.1, 0.15) is 5.56 Å². The van der Waals surface area contributed by atoms with Gasteiger partial charge in [0.1, 0.15) is 6.54 Å². The van der Waals surface area contributed by atoms with E-state index in [9.17, 15) is 13.2 Å². The number of likely N-dealkylation sites (N-methyl/N-ethyl adjacent to an activating group) is 1. The van der Waals surface area contributed by atoms with Crippen molar-refractivity contribution in [3.05, 3.63) is 46.7 Å². The van der Waals surface area contributed by atoms with Gasteiger partial charge in [-0.2, -0.15) is 11.3 Å². The maximum Gasteiger partial charge on any atom is 0.279 e. The van der Waals surface area contributed by atoms with Crippen LogP contribution in [0.3, 0.4) is 0 Å². The zero-order valence-electron chi connectivity index (χ0n) is 13.9. The zero-order valence-corrected chi connectivity index (χ0v) is 15.6. The second-order valence-electron chi connectivity index (χ2n) is 5.81. The van der Waals surface area contributed by atoms with E-state index in [2.05, 4.69) is 10.7 Å². The van der Waals surface area contributed by atoms with Gasteiger partial charge in [0.05, 0.1) is 11.9 Å². The fraction of sp³-hybridized carbons (Fsp3) is 0.312. The largest absolute Gasteiger partial charge is 0.326 e. The summed E-state index contributed by atoms with van der Waals surface area (Å²) >= 11 is 1.63. The lowest BCUT2D eigenvalue weighted by molar-refractivity contribution is -0.885. The van der Waals surface area contributed by atoms with Crippen molar-refractivity contribution in [2.24, 2.45) is 0 Å². The number of hydrogen-bond donors (Lipinski definition) is 2. The van der Waals surface area contributed by atoms with Gasteiger partial charge in [0.15, 0.2) is 6.54 Å². The topological polar surface area (TPSA) is 70.9 Å². The number of anilines is 1. The standard InChI is InChI=1S/C16H21N3O3S2/c1-18(2)24(21,22)15-6-4-5-14(9-15)17-16(20)11-19(3)10-13-7-8-23-12-13/h4-9,12H,10-11H2,1-3H3,(H,17,20)/p+1. The van der Waals surface area contributed by atoms with Gasteiger partial charge < -0.3 is 10.2 Å². The third-order valence-corrected chi connectivity index (χ3v) is 5.99. The van der Waals surface area contributed by atoms with Crippen LogP contribution in [0.15, 0.2) is 46.0 Å². The Balaban J connectivity index is 1.99. The fourth-order valence-corrected chi connectivity index (χ4v) is 3.85. The van der Waals surface area contributed by atoms with E-state index in [4.69, 9.17) is 0 Å². The van der Waals surface area contributed by atoms with Gasteiger partial charge in [0.2, 0.25) is 10.0 Å². The number of rotatable bonds is 7. The third kappa shape index (κ3) is 4.88. The van der Waals surface area contributed by atoms with Crippen LogP contribution >= 0.6 is 11.3 Å². The van der Waals surface area contributed by atoms with Crippen molar-refractivity contribution in [2.45, 2.75) is 11.4 Å². The second kappa shape index (κ2) is 7.89. The van der Waals surface area contributed by atoms with Crippen molar-refractivity contribution in [1.82, 2.24) is 4.31 Å². The summed E-state index contributed by atoms with van der Waals surface area (Å²) in [6.45, 7) is 1.08. The van der Waals surface area contributed by atoms with Gasteiger partial charge in [-0.15, -0.1) is 0 Å². The first-order chi connectivity index (χ1) is 11.3. The number of carbonyl (C=O) groups excluding carboxylic acids is 1. The highest BCUT2D eigenvalue weighted by Gasteiger charge is 2.18. The molecule has 0 bridgehead atoms. The van der Waals surface area contributed by atoms with E-state index in [1.807, 2.05) is 18.5 Å². The number of hydrogen-bond acceptors (Lipinski definition) is 4. The van der Waals surface area contributed by atoms with E-state index < -0.39 is 10.0 Å². The fourth-order valence-electron chi connectivity index (χ4n) is 2.23. The van der Waals surface area contributed by atoms with Crippen molar-refractivity contribution in [1.29, 1.82) is 0 Å². The number of carbonyl (C=O) groups is 1. The Morgan fingerprint density at radius 1 is 1.29 bits per heavy atom. The molecular formula is C16H22N3O3S2+. The van der Waals surface area contributed by atoms with Crippen molar-refractivity contribution in [2.75, 3.05) is 33.0 Å². The summed E-state index contributed by atoms with van der Waals surface area (Å²) in [4.78, 5) is 13.4. The zero-order chi connectivity index (χ0) is 17.7. The highest BCUT2D eigenvalue weighted by molar-refractivity contribution is 7.89. The minimum atomic E-state index is -3.51. The third-order valence-electron chi connectivity index (χ3n) is 3.44. The molecule has 24 heavy (non-hydrogen) atoms. The predicted molar refractivity (Wildman–Crippen MR) is 95.7 cm³/mol. The minimum absolute atomic E-state index is 0.151. The lowest BCUT2D eigenvalue weighted by atomic mass is 10.3. The number of sulfonamides is 1. The first-order valence-electron chi connectivity index (χ1n) is 7.44. The average Bonchev–Trinajstić information content (AvgIpc) is 2.99. The molecule has 2 rings (SSSR count). The van der Waals surface area contributed by atoms with Crippen LogP contribution in [0.2, 0.25) is 0 Å². The van der Waals surface area contributed by atoms with E-state index in [-0.39, 0.29) is 10.8 Å². The van der Waals surface area contributed by atoms with E-state index in [0.717, 1.165) is 15.7 Å². The molecule has 0 saturated heterocycles. The van der Waals surface area contributed by atoms with Gasteiger partial charge in [-0.1, -0.05) is 6.07 Å². The summed E-state index contributed by atoms with van der Waals surface area (Å²) in [7, 11) is 1.39. The molecule has 2 aromatic rings. The van der Waals surface area contributed by atoms with E-state index >= 15 is 0 Å². The molecule has 0 radical (unpaired) electrons. The summed E-state index contributed by atoms with van der Waals surface area (Å²) in [5.41, 5.74) is 1.68. The molecule has 130 valence electrons. The number of nitrogens with zero attached hydrogens (tertiary/aromatic N) is 1. The van der Waals surface area contributed by atoms with Gasteiger partial charge in [-0.25, -0.2) is 12.7 Å². The predicted octanol–water partition coefficient (Wildman–Crippen LogP) is 0.652. The van der Waals surface area contributed by atoms with Crippen LogP contribution in [0, 0.1) is 0 Å². The molecule has 1 heterocycles. The monoisotopic (exact) mass is 368 g/mol. The van der Waals surface area contributed by atoms with Crippen LogP contribution in [0.4, 0.5) is 5.69 Å². The molecule has 0 aliphatic rings. The summed E-state index contributed by atoms with van der Waals surface area (Å²) in [6, 6.07) is 8.33. The Morgan fingerprint density at radius 2 is 2.04 bits per heavy atom. The molecule has 0 spiro atoms. The maximum absolute atomic E-state index is 12.2. The van der Waals surface area contributed by atoms with Gasteiger partial charge in [-0.05, 0) is 35.0 Å². The Bertz CT molecular complexity index is 787. The summed E-state index contributed by atoms with van der Waals surface area (Å²) in [5, 5.41) is 6.84. The van der Waals surface area contributed by atoms with Crippen molar-refractivity contribution < 1.29 is 18.1 Å². The smallest absolute Gasteiger partial charge is 0.279 e.